The topological polar surface area (TPSA) is 61.2 Å². The molecule has 1 aliphatic rings. The fraction of sp³-hybridized carbons (Fsp3) is 0.368. The van der Waals surface area contributed by atoms with Crippen LogP contribution < -0.4 is 10.1 Å². The highest BCUT2D eigenvalue weighted by atomic mass is 16.5. The summed E-state index contributed by atoms with van der Waals surface area (Å²) in [6.07, 6.45) is 5.99. The third kappa shape index (κ3) is 3.50. The van der Waals surface area contributed by atoms with Crippen molar-refractivity contribution in [1.29, 1.82) is 0 Å². The fourth-order valence-corrected chi connectivity index (χ4v) is 2.99. The van der Waals surface area contributed by atoms with E-state index < -0.39 is 0 Å². The Morgan fingerprint density at radius 2 is 2.36 bits per heavy atom. The number of rotatable bonds is 5. The monoisotopic (exact) mass is 338 g/mol. The molecule has 0 aliphatic carbocycles. The normalized spacial score (nSPS) is 17.7. The van der Waals surface area contributed by atoms with Gasteiger partial charge < -0.3 is 19.4 Å². The molecule has 0 saturated carbocycles. The van der Waals surface area contributed by atoms with Gasteiger partial charge >= 0.3 is 0 Å². The second kappa shape index (κ2) is 7.21. The Bertz CT molecular complexity index is 856. The van der Waals surface area contributed by atoms with Crippen LogP contribution in [0, 0.1) is 0 Å². The molecule has 0 unspecified atom stereocenters. The minimum absolute atomic E-state index is 0.0482. The molecule has 25 heavy (non-hydrogen) atoms. The van der Waals surface area contributed by atoms with Gasteiger partial charge in [0.25, 0.3) is 0 Å². The van der Waals surface area contributed by atoms with Gasteiger partial charge in [0.05, 0.1) is 23.2 Å². The first-order chi connectivity index (χ1) is 12.3. The zero-order valence-electron chi connectivity index (χ0n) is 14.3. The van der Waals surface area contributed by atoms with Crippen LogP contribution in [0.2, 0.25) is 0 Å². The Morgan fingerprint density at radius 1 is 1.40 bits per heavy atom. The Morgan fingerprint density at radius 3 is 3.16 bits per heavy atom. The van der Waals surface area contributed by atoms with Crippen LogP contribution in [0.5, 0.6) is 5.88 Å². The first-order valence-electron chi connectivity index (χ1n) is 8.70. The summed E-state index contributed by atoms with van der Waals surface area (Å²) < 4.78 is 13.9. The predicted octanol–water partition coefficient (Wildman–Crippen LogP) is 2.49. The first-order valence-corrected chi connectivity index (χ1v) is 8.70. The number of aryl methyl sites for hydroxylation is 1. The number of morpholine rings is 1. The van der Waals surface area contributed by atoms with Crippen LogP contribution in [0.1, 0.15) is 6.92 Å². The van der Waals surface area contributed by atoms with Gasteiger partial charge in [-0.3, -0.25) is 4.98 Å². The number of aromatic nitrogens is 3. The van der Waals surface area contributed by atoms with Gasteiger partial charge in [0.15, 0.2) is 0 Å². The number of pyridine rings is 2. The van der Waals surface area contributed by atoms with Gasteiger partial charge in [-0.25, -0.2) is 4.98 Å². The summed E-state index contributed by atoms with van der Waals surface area (Å²) in [6, 6.07) is 7.98. The molecule has 4 rings (SSSR count). The van der Waals surface area contributed by atoms with Crippen molar-refractivity contribution in [2.75, 3.05) is 26.3 Å². The average molecular weight is 338 g/mol. The lowest BCUT2D eigenvalue weighted by Crippen LogP contribution is -2.41. The van der Waals surface area contributed by atoms with Crippen LogP contribution in [-0.4, -0.2) is 46.9 Å². The number of ether oxygens (including phenoxy) is 2. The molecule has 0 amide bonds. The van der Waals surface area contributed by atoms with Gasteiger partial charge in [-0.15, -0.1) is 0 Å². The van der Waals surface area contributed by atoms with Gasteiger partial charge in [-0.05, 0) is 31.2 Å². The molecule has 4 heterocycles. The fourth-order valence-electron chi connectivity index (χ4n) is 2.99. The van der Waals surface area contributed by atoms with Gasteiger partial charge in [-0.1, -0.05) is 0 Å². The van der Waals surface area contributed by atoms with Crippen LogP contribution in [0.15, 0.2) is 42.9 Å². The van der Waals surface area contributed by atoms with Crippen molar-refractivity contribution in [2.45, 2.75) is 19.6 Å². The molecule has 0 bridgehead atoms. The minimum Gasteiger partial charge on any atom is -0.474 e. The summed E-state index contributed by atoms with van der Waals surface area (Å²) in [4.78, 5) is 9.23. The highest BCUT2D eigenvalue weighted by Crippen LogP contribution is 2.28. The number of nitrogens with one attached hydrogen (secondary N) is 1. The van der Waals surface area contributed by atoms with E-state index in [9.17, 15) is 0 Å². The second-order valence-electron chi connectivity index (χ2n) is 6.12. The number of hydrogen-bond donors (Lipinski definition) is 1. The van der Waals surface area contributed by atoms with E-state index in [0.717, 1.165) is 41.8 Å². The third-order valence-corrected chi connectivity index (χ3v) is 4.39. The third-order valence-electron chi connectivity index (χ3n) is 4.39. The lowest BCUT2D eigenvalue weighted by molar-refractivity contribution is -0.000365. The van der Waals surface area contributed by atoms with Crippen LogP contribution in [-0.2, 0) is 11.3 Å². The summed E-state index contributed by atoms with van der Waals surface area (Å²) in [5.41, 5.74) is 2.82. The zero-order valence-corrected chi connectivity index (χ0v) is 14.3. The molecule has 1 fully saturated rings. The second-order valence-corrected chi connectivity index (χ2v) is 6.12. The molecule has 1 N–H and O–H groups in total. The summed E-state index contributed by atoms with van der Waals surface area (Å²) in [6.45, 7) is 5.94. The molecular formula is C19H22N4O2. The van der Waals surface area contributed by atoms with Crippen LogP contribution >= 0.6 is 0 Å². The van der Waals surface area contributed by atoms with Gasteiger partial charge in [0.1, 0.15) is 12.7 Å². The molecule has 1 saturated heterocycles. The molecule has 0 aromatic carbocycles. The predicted molar refractivity (Wildman–Crippen MR) is 96.7 cm³/mol. The Labute approximate surface area is 146 Å². The van der Waals surface area contributed by atoms with E-state index in [1.165, 1.54) is 0 Å². The molecule has 1 aliphatic heterocycles. The van der Waals surface area contributed by atoms with Crippen molar-refractivity contribution in [3.05, 3.63) is 42.9 Å². The highest BCUT2D eigenvalue weighted by Gasteiger charge is 2.16. The maximum atomic E-state index is 6.03. The van der Waals surface area contributed by atoms with Crippen LogP contribution in [0.4, 0.5) is 0 Å². The van der Waals surface area contributed by atoms with E-state index in [2.05, 4.69) is 40.3 Å². The lowest BCUT2D eigenvalue weighted by Gasteiger charge is -2.23. The van der Waals surface area contributed by atoms with Crippen LogP contribution in [0.3, 0.4) is 0 Å². The van der Waals surface area contributed by atoms with Crippen molar-refractivity contribution in [3.8, 4) is 17.1 Å². The lowest BCUT2D eigenvalue weighted by atomic mass is 10.1. The quantitative estimate of drug-likeness (QED) is 0.774. The molecule has 130 valence electrons. The van der Waals surface area contributed by atoms with Crippen LogP contribution in [0.25, 0.3) is 22.2 Å². The minimum atomic E-state index is 0.0482. The standard InChI is InChI=1S/C19H22N4O2/c1-2-23-8-5-14(12-23)17-10-18-16(4-3-6-21-18)19(22-17)25-13-15-11-20-7-9-24-15/h3-6,8,10,12,15,20H,2,7,9,11,13H2,1H3/t15-/m0/s1. The number of fused-ring (bicyclic) bond motifs is 1. The summed E-state index contributed by atoms with van der Waals surface area (Å²) in [5.74, 6) is 0.610. The molecule has 3 aromatic heterocycles. The van der Waals surface area contributed by atoms with Crippen molar-refractivity contribution >= 4 is 10.9 Å². The Balaban J connectivity index is 1.65. The molecule has 0 spiro atoms. The van der Waals surface area contributed by atoms with Gasteiger partial charge in [0.2, 0.25) is 5.88 Å². The first kappa shape index (κ1) is 16.1. The molecule has 0 radical (unpaired) electrons. The molecule has 6 heteroatoms. The highest BCUT2D eigenvalue weighted by molar-refractivity contribution is 5.86. The van der Waals surface area contributed by atoms with E-state index >= 15 is 0 Å². The van der Waals surface area contributed by atoms with Gasteiger partial charge in [-0.2, -0.15) is 0 Å². The molecule has 3 aromatic rings. The van der Waals surface area contributed by atoms with Crippen molar-refractivity contribution in [3.63, 3.8) is 0 Å². The van der Waals surface area contributed by atoms with E-state index in [1.54, 1.807) is 6.20 Å². The summed E-state index contributed by atoms with van der Waals surface area (Å²) in [7, 11) is 0. The number of hydrogen-bond acceptors (Lipinski definition) is 5. The van der Waals surface area contributed by atoms with Gasteiger partial charge in [0, 0.05) is 43.8 Å². The summed E-state index contributed by atoms with van der Waals surface area (Å²) >= 11 is 0. The molecule has 1 atom stereocenters. The van der Waals surface area contributed by atoms with Crippen molar-refractivity contribution in [1.82, 2.24) is 19.9 Å². The largest absolute Gasteiger partial charge is 0.474 e. The van der Waals surface area contributed by atoms with E-state index in [-0.39, 0.29) is 6.10 Å². The maximum absolute atomic E-state index is 6.03. The maximum Gasteiger partial charge on any atom is 0.223 e. The van der Waals surface area contributed by atoms with E-state index in [4.69, 9.17) is 14.5 Å². The Hall–Kier alpha value is -2.44. The van der Waals surface area contributed by atoms with Crippen molar-refractivity contribution < 1.29 is 9.47 Å². The van der Waals surface area contributed by atoms with E-state index in [0.29, 0.717) is 19.1 Å². The SMILES string of the molecule is CCn1ccc(-c2cc3ncccc3c(OC[C@@H]3CNCCO3)n2)c1. The zero-order chi connectivity index (χ0) is 17.1. The average Bonchev–Trinajstić information content (AvgIpc) is 3.16. The summed E-state index contributed by atoms with van der Waals surface area (Å²) in [5, 5.41) is 4.24. The van der Waals surface area contributed by atoms with Crippen molar-refractivity contribution in [2.24, 2.45) is 0 Å². The molecular weight excluding hydrogens is 316 g/mol. The Kier molecular flexibility index (Phi) is 4.63. The molecule has 6 nitrogen and oxygen atoms in total. The smallest absolute Gasteiger partial charge is 0.223 e. The van der Waals surface area contributed by atoms with E-state index in [1.807, 2.05) is 18.2 Å². The number of nitrogens with zero attached hydrogens (tertiary/aromatic N) is 3.